The van der Waals surface area contributed by atoms with Gasteiger partial charge in [0, 0.05) is 27.1 Å². The van der Waals surface area contributed by atoms with Gasteiger partial charge in [-0.2, -0.15) is 5.26 Å². The normalized spacial score (nSPS) is 10.7. The summed E-state index contributed by atoms with van der Waals surface area (Å²) in [4.78, 5) is 12.0. The van der Waals surface area contributed by atoms with Gasteiger partial charge < -0.3 is 10.6 Å². The second-order valence-electron chi connectivity index (χ2n) is 4.29. The van der Waals surface area contributed by atoms with Crippen molar-refractivity contribution in [3.63, 3.8) is 0 Å². The average molecular weight is 377 g/mol. The lowest BCUT2D eigenvalue weighted by molar-refractivity contribution is -0.112. The molecule has 0 aliphatic carbocycles. The molecule has 0 atom stereocenters. The highest BCUT2D eigenvalue weighted by atomic mass is 79.9. The number of carbonyl (C=O) groups excluding carboxylic acids is 1. The molecule has 0 unspecified atom stereocenters. The molecule has 0 aliphatic rings. The molecule has 2 aromatic carbocycles. The topological polar surface area (TPSA) is 64.9 Å². The van der Waals surface area contributed by atoms with E-state index in [0.29, 0.717) is 10.7 Å². The second kappa shape index (κ2) is 7.64. The molecule has 110 valence electrons. The molecule has 0 saturated heterocycles. The van der Waals surface area contributed by atoms with Crippen molar-refractivity contribution in [3.05, 3.63) is 69.8 Å². The van der Waals surface area contributed by atoms with E-state index in [-0.39, 0.29) is 5.57 Å². The molecule has 0 radical (unpaired) electrons. The summed E-state index contributed by atoms with van der Waals surface area (Å²) in [5, 5.41) is 15.1. The SMILES string of the molecule is N#CC(=CNc1cccc(Br)c1)C(=O)Nc1cccc(Cl)c1. The maximum atomic E-state index is 12.0. The van der Waals surface area contributed by atoms with E-state index in [9.17, 15) is 4.79 Å². The molecule has 0 spiro atoms. The predicted molar refractivity (Wildman–Crippen MR) is 91.5 cm³/mol. The van der Waals surface area contributed by atoms with Gasteiger partial charge in [0.15, 0.2) is 0 Å². The van der Waals surface area contributed by atoms with Crippen molar-refractivity contribution in [1.82, 2.24) is 0 Å². The summed E-state index contributed by atoms with van der Waals surface area (Å²) in [5.74, 6) is -0.507. The van der Waals surface area contributed by atoms with E-state index >= 15 is 0 Å². The van der Waals surface area contributed by atoms with Gasteiger partial charge in [0.1, 0.15) is 11.6 Å². The van der Waals surface area contributed by atoms with Crippen LogP contribution in [0, 0.1) is 11.3 Å². The van der Waals surface area contributed by atoms with Crippen LogP contribution in [0.15, 0.2) is 64.8 Å². The Morgan fingerprint density at radius 3 is 2.59 bits per heavy atom. The molecule has 0 heterocycles. The van der Waals surface area contributed by atoms with Crippen molar-refractivity contribution in [2.45, 2.75) is 0 Å². The fourth-order valence-corrected chi connectivity index (χ4v) is 2.24. The summed E-state index contributed by atoms with van der Waals surface area (Å²) in [6.45, 7) is 0. The van der Waals surface area contributed by atoms with Crippen LogP contribution < -0.4 is 10.6 Å². The van der Waals surface area contributed by atoms with Gasteiger partial charge in [0.2, 0.25) is 0 Å². The maximum Gasteiger partial charge on any atom is 0.267 e. The Bertz CT molecular complexity index is 768. The van der Waals surface area contributed by atoms with Gasteiger partial charge in [-0.05, 0) is 36.4 Å². The number of anilines is 2. The minimum absolute atomic E-state index is 0.0417. The van der Waals surface area contributed by atoms with Crippen LogP contribution in [0.4, 0.5) is 11.4 Å². The van der Waals surface area contributed by atoms with Gasteiger partial charge in [-0.15, -0.1) is 0 Å². The summed E-state index contributed by atoms with van der Waals surface area (Å²) in [6, 6.07) is 16.0. The zero-order valence-electron chi connectivity index (χ0n) is 11.3. The fourth-order valence-electron chi connectivity index (χ4n) is 1.65. The number of hydrogen-bond donors (Lipinski definition) is 2. The van der Waals surface area contributed by atoms with Gasteiger partial charge in [-0.1, -0.05) is 39.7 Å². The Labute approximate surface area is 141 Å². The van der Waals surface area contributed by atoms with Crippen molar-refractivity contribution in [3.8, 4) is 6.07 Å². The van der Waals surface area contributed by atoms with E-state index in [0.717, 1.165) is 10.2 Å². The summed E-state index contributed by atoms with van der Waals surface area (Å²) >= 11 is 9.20. The molecule has 0 saturated carbocycles. The van der Waals surface area contributed by atoms with E-state index < -0.39 is 5.91 Å². The number of halogens is 2. The zero-order chi connectivity index (χ0) is 15.9. The number of carbonyl (C=O) groups is 1. The van der Waals surface area contributed by atoms with Gasteiger partial charge in [-0.3, -0.25) is 4.79 Å². The molecule has 2 aromatic rings. The smallest absolute Gasteiger partial charge is 0.267 e. The first-order valence-corrected chi connectivity index (χ1v) is 7.45. The van der Waals surface area contributed by atoms with Gasteiger partial charge in [0.25, 0.3) is 5.91 Å². The molecule has 0 fully saturated rings. The lowest BCUT2D eigenvalue weighted by Gasteiger charge is -2.05. The third-order valence-corrected chi connectivity index (χ3v) is 3.38. The van der Waals surface area contributed by atoms with Gasteiger partial charge in [-0.25, -0.2) is 0 Å². The predicted octanol–water partition coefficient (Wildman–Crippen LogP) is 4.56. The summed E-state index contributed by atoms with van der Waals surface area (Å²) in [7, 11) is 0. The average Bonchev–Trinajstić information content (AvgIpc) is 2.48. The van der Waals surface area contributed by atoms with E-state index in [1.807, 2.05) is 30.3 Å². The minimum atomic E-state index is -0.507. The molecular formula is C16H11BrClN3O. The first kappa shape index (κ1) is 16.1. The van der Waals surface area contributed by atoms with Crippen molar-refractivity contribution >= 4 is 44.8 Å². The lowest BCUT2D eigenvalue weighted by atomic mass is 10.2. The molecule has 1 amide bonds. The summed E-state index contributed by atoms with van der Waals surface area (Å²) in [5.41, 5.74) is 1.25. The molecule has 0 bridgehead atoms. The van der Waals surface area contributed by atoms with Crippen LogP contribution in [-0.4, -0.2) is 5.91 Å². The zero-order valence-corrected chi connectivity index (χ0v) is 13.6. The Hall–Kier alpha value is -2.29. The van der Waals surface area contributed by atoms with Crippen LogP contribution in [0.1, 0.15) is 0 Å². The van der Waals surface area contributed by atoms with Crippen LogP contribution in [-0.2, 0) is 4.79 Å². The van der Waals surface area contributed by atoms with Crippen molar-refractivity contribution < 1.29 is 4.79 Å². The first-order chi connectivity index (χ1) is 10.6. The Morgan fingerprint density at radius 1 is 1.18 bits per heavy atom. The van der Waals surface area contributed by atoms with E-state index in [1.165, 1.54) is 6.20 Å². The quantitative estimate of drug-likeness (QED) is 0.607. The van der Waals surface area contributed by atoms with Crippen molar-refractivity contribution in [2.75, 3.05) is 10.6 Å². The first-order valence-electron chi connectivity index (χ1n) is 6.28. The standard InChI is InChI=1S/C16H11BrClN3O/c17-12-3-1-5-14(7-12)20-10-11(9-19)16(22)21-15-6-2-4-13(18)8-15/h1-8,10,20H,(H,21,22). The number of amides is 1. The number of nitrogens with one attached hydrogen (secondary N) is 2. The molecule has 22 heavy (non-hydrogen) atoms. The third-order valence-electron chi connectivity index (χ3n) is 2.66. The fraction of sp³-hybridized carbons (Fsp3) is 0. The molecule has 6 heteroatoms. The summed E-state index contributed by atoms with van der Waals surface area (Å²) < 4.78 is 0.896. The molecule has 2 N–H and O–H groups in total. The van der Waals surface area contributed by atoms with E-state index in [2.05, 4.69) is 26.6 Å². The van der Waals surface area contributed by atoms with Crippen LogP contribution >= 0.6 is 27.5 Å². The van der Waals surface area contributed by atoms with Crippen LogP contribution in [0.5, 0.6) is 0 Å². The van der Waals surface area contributed by atoms with Crippen molar-refractivity contribution in [2.24, 2.45) is 0 Å². The molecule has 0 aromatic heterocycles. The minimum Gasteiger partial charge on any atom is -0.360 e. The van der Waals surface area contributed by atoms with Crippen LogP contribution in [0.25, 0.3) is 0 Å². The number of hydrogen-bond acceptors (Lipinski definition) is 3. The summed E-state index contributed by atoms with van der Waals surface area (Å²) in [6.07, 6.45) is 1.36. The number of nitrogens with zero attached hydrogens (tertiary/aromatic N) is 1. The van der Waals surface area contributed by atoms with Crippen molar-refractivity contribution in [1.29, 1.82) is 5.26 Å². The van der Waals surface area contributed by atoms with E-state index in [1.54, 1.807) is 24.3 Å². The molecule has 2 rings (SSSR count). The molecular weight excluding hydrogens is 366 g/mol. The Kier molecular flexibility index (Phi) is 5.59. The van der Waals surface area contributed by atoms with Gasteiger partial charge in [0.05, 0.1) is 0 Å². The monoisotopic (exact) mass is 375 g/mol. The van der Waals surface area contributed by atoms with Crippen LogP contribution in [0.3, 0.4) is 0 Å². The molecule has 0 aliphatic heterocycles. The van der Waals surface area contributed by atoms with Gasteiger partial charge >= 0.3 is 0 Å². The second-order valence-corrected chi connectivity index (χ2v) is 5.64. The number of nitriles is 1. The highest BCUT2D eigenvalue weighted by Gasteiger charge is 2.09. The third kappa shape index (κ3) is 4.62. The Balaban J connectivity index is 2.09. The highest BCUT2D eigenvalue weighted by molar-refractivity contribution is 9.10. The molecule has 4 nitrogen and oxygen atoms in total. The Morgan fingerprint density at radius 2 is 1.91 bits per heavy atom. The lowest BCUT2D eigenvalue weighted by Crippen LogP contribution is -2.14. The number of rotatable bonds is 4. The maximum absolute atomic E-state index is 12.0. The van der Waals surface area contributed by atoms with Crippen LogP contribution in [0.2, 0.25) is 5.02 Å². The highest BCUT2D eigenvalue weighted by Crippen LogP contribution is 2.17. The largest absolute Gasteiger partial charge is 0.360 e. The number of benzene rings is 2. The van der Waals surface area contributed by atoms with E-state index in [4.69, 9.17) is 16.9 Å².